The zero-order valence-electron chi connectivity index (χ0n) is 19.5. The van der Waals surface area contributed by atoms with Gasteiger partial charge in [-0.05, 0) is 55.4 Å². The maximum absolute atomic E-state index is 13.1. The topological polar surface area (TPSA) is 71.1 Å². The highest BCUT2D eigenvalue weighted by Gasteiger charge is 2.28. The lowest BCUT2D eigenvalue weighted by Crippen LogP contribution is -2.29. The number of ketones is 1. The van der Waals surface area contributed by atoms with Crippen molar-refractivity contribution in [3.8, 4) is 5.75 Å². The predicted molar refractivity (Wildman–Crippen MR) is 129 cm³/mol. The van der Waals surface area contributed by atoms with Crippen molar-refractivity contribution in [3.05, 3.63) is 58.6 Å². The third-order valence-electron chi connectivity index (χ3n) is 7.21. The molecule has 0 bridgehead atoms. The van der Waals surface area contributed by atoms with Gasteiger partial charge in [-0.3, -0.25) is 18.6 Å². The number of carbonyl (C=O) groups excluding carboxylic acids is 1. The Labute approximate surface area is 192 Å². The zero-order chi connectivity index (χ0) is 23.1. The molecule has 0 atom stereocenters. The molecule has 0 saturated heterocycles. The maximum Gasteiger partial charge on any atom is 0.328 e. The first-order valence-corrected chi connectivity index (χ1v) is 11.6. The third-order valence-corrected chi connectivity index (χ3v) is 7.21. The van der Waals surface area contributed by atoms with Gasteiger partial charge in [0.25, 0.3) is 0 Å². The minimum atomic E-state index is 0.000943. The molecule has 0 N–H and O–H groups in total. The van der Waals surface area contributed by atoms with Crippen molar-refractivity contribution in [3.63, 3.8) is 0 Å². The number of fused-ring (bicyclic) bond motifs is 2. The predicted octanol–water partition coefficient (Wildman–Crippen LogP) is 3.85. The van der Waals surface area contributed by atoms with Crippen LogP contribution < -0.4 is 10.4 Å². The van der Waals surface area contributed by atoms with Crippen LogP contribution in [-0.2, 0) is 31.9 Å². The molecule has 5 rings (SSSR count). The summed E-state index contributed by atoms with van der Waals surface area (Å²) >= 11 is 0. The van der Waals surface area contributed by atoms with Gasteiger partial charge in [0.2, 0.25) is 0 Å². The molecule has 0 spiro atoms. The average molecular weight is 447 g/mol. The van der Waals surface area contributed by atoms with Crippen LogP contribution in [0.5, 0.6) is 5.75 Å². The highest BCUT2D eigenvalue weighted by Crippen LogP contribution is 2.32. The van der Waals surface area contributed by atoms with Crippen molar-refractivity contribution in [1.29, 1.82) is 0 Å². The van der Waals surface area contributed by atoms with Crippen molar-refractivity contribution in [2.24, 2.45) is 25.9 Å². The van der Waals surface area contributed by atoms with Crippen LogP contribution in [0.3, 0.4) is 0 Å². The molecule has 2 heterocycles. The Morgan fingerprint density at radius 1 is 1.09 bits per heavy atom. The number of methoxy groups -OCH3 is 1. The second-order valence-electron chi connectivity index (χ2n) is 9.32. The lowest BCUT2D eigenvalue weighted by atomic mass is 9.78. The van der Waals surface area contributed by atoms with Crippen LogP contribution >= 0.6 is 0 Å². The molecule has 0 radical (unpaired) electrons. The van der Waals surface area contributed by atoms with Gasteiger partial charge < -0.3 is 4.74 Å². The summed E-state index contributed by atoms with van der Waals surface area (Å²) in [4.78, 5) is 26.0. The van der Waals surface area contributed by atoms with E-state index in [1.807, 2.05) is 61.3 Å². The largest absolute Gasteiger partial charge is 0.497 e. The minimum absolute atomic E-state index is 0.000943. The molecule has 1 aliphatic carbocycles. The summed E-state index contributed by atoms with van der Waals surface area (Å²) in [5.41, 5.74) is 3.81. The molecule has 2 aromatic carbocycles. The third kappa shape index (κ3) is 3.96. The number of aromatic nitrogens is 4. The monoisotopic (exact) mass is 446 g/mol. The Morgan fingerprint density at radius 3 is 2.64 bits per heavy atom. The number of Topliss-reactive ketones (excluding diaryl/α,β-unsaturated/α-hetero) is 1. The van der Waals surface area contributed by atoms with Crippen LogP contribution in [0.2, 0.25) is 0 Å². The zero-order valence-corrected chi connectivity index (χ0v) is 19.5. The van der Waals surface area contributed by atoms with E-state index in [9.17, 15) is 9.59 Å². The number of hydrogen-bond donors (Lipinski definition) is 0. The van der Waals surface area contributed by atoms with Gasteiger partial charge in [-0.25, -0.2) is 4.79 Å². The van der Waals surface area contributed by atoms with Gasteiger partial charge in [0.1, 0.15) is 11.5 Å². The van der Waals surface area contributed by atoms with Crippen molar-refractivity contribution >= 4 is 27.7 Å². The number of imidazole rings is 1. The number of hydrogen-bond acceptors (Lipinski definition) is 4. The molecule has 7 nitrogen and oxygen atoms in total. The van der Waals surface area contributed by atoms with Crippen LogP contribution in [0, 0.1) is 11.8 Å². The van der Waals surface area contributed by atoms with Gasteiger partial charge in [-0.1, -0.05) is 12.1 Å². The van der Waals surface area contributed by atoms with E-state index in [4.69, 9.17) is 4.74 Å². The highest BCUT2D eigenvalue weighted by molar-refractivity contribution is 5.90. The Hall–Kier alpha value is -3.35. The average Bonchev–Trinajstić information content (AvgIpc) is 3.32. The molecule has 7 heteroatoms. The summed E-state index contributed by atoms with van der Waals surface area (Å²) in [6.45, 7) is 0.680. The van der Waals surface area contributed by atoms with E-state index >= 15 is 0 Å². The standard InChI is InChI=1S/C26H30N4O3/c1-28-16-21-19(5-4-6-22(21)27-28)13-25(31)18-9-7-17(8-10-18)15-30-24-14-20(33-3)11-12-23(24)29(2)26(30)32/h4-6,11-12,14,16-18H,7-10,13,15H2,1-3H3. The molecule has 33 heavy (non-hydrogen) atoms. The van der Waals surface area contributed by atoms with Gasteiger partial charge in [0.05, 0.1) is 23.7 Å². The second-order valence-corrected chi connectivity index (χ2v) is 9.32. The van der Waals surface area contributed by atoms with E-state index in [-0.39, 0.29) is 11.6 Å². The van der Waals surface area contributed by atoms with Crippen LogP contribution in [0.25, 0.3) is 21.9 Å². The molecule has 1 aliphatic rings. The number of rotatable bonds is 6. The number of ether oxygens (including phenoxy) is 1. The van der Waals surface area contributed by atoms with Crippen molar-refractivity contribution < 1.29 is 9.53 Å². The molecule has 1 fully saturated rings. The highest BCUT2D eigenvalue weighted by atomic mass is 16.5. The first-order valence-electron chi connectivity index (χ1n) is 11.6. The number of carbonyl (C=O) groups is 1. The Kier molecular flexibility index (Phi) is 5.56. The molecule has 4 aromatic rings. The smallest absolute Gasteiger partial charge is 0.328 e. The van der Waals surface area contributed by atoms with Gasteiger partial charge >= 0.3 is 5.69 Å². The van der Waals surface area contributed by atoms with Crippen molar-refractivity contribution in [2.45, 2.75) is 38.6 Å². The molecule has 0 amide bonds. The number of nitrogens with zero attached hydrogens (tertiary/aromatic N) is 4. The molecule has 2 aromatic heterocycles. The fourth-order valence-electron chi connectivity index (χ4n) is 5.33. The molecule has 1 saturated carbocycles. The summed E-state index contributed by atoms with van der Waals surface area (Å²) in [7, 11) is 5.36. The quantitative estimate of drug-likeness (QED) is 0.451. The van der Waals surface area contributed by atoms with E-state index in [0.717, 1.165) is 58.9 Å². The van der Waals surface area contributed by atoms with Gasteiger partial charge in [-0.2, -0.15) is 5.10 Å². The van der Waals surface area contributed by atoms with E-state index in [0.29, 0.717) is 24.7 Å². The molecular weight excluding hydrogens is 416 g/mol. The van der Waals surface area contributed by atoms with Crippen LogP contribution in [0.15, 0.2) is 47.4 Å². The van der Waals surface area contributed by atoms with E-state index in [2.05, 4.69) is 5.10 Å². The van der Waals surface area contributed by atoms with Crippen LogP contribution in [0.1, 0.15) is 31.2 Å². The fourth-order valence-corrected chi connectivity index (χ4v) is 5.33. The summed E-state index contributed by atoms with van der Waals surface area (Å²) in [5, 5.41) is 5.52. The first kappa shape index (κ1) is 21.5. The van der Waals surface area contributed by atoms with Crippen molar-refractivity contribution in [2.75, 3.05) is 7.11 Å². The lowest BCUT2D eigenvalue weighted by Gasteiger charge is -2.28. The summed E-state index contributed by atoms with van der Waals surface area (Å²) in [6.07, 6.45) is 6.14. The Morgan fingerprint density at radius 2 is 1.88 bits per heavy atom. The van der Waals surface area contributed by atoms with E-state index in [1.165, 1.54) is 0 Å². The van der Waals surface area contributed by atoms with Crippen LogP contribution in [-0.4, -0.2) is 31.8 Å². The lowest BCUT2D eigenvalue weighted by molar-refractivity contribution is -0.123. The van der Waals surface area contributed by atoms with Gasteiger partial charge in [0, 0.05) is 50.6 Å². The van der Waals surface area contributed by atoms with E-state index in [1.54, 1.807) is 16.4 Å². The summed E-state index contributed by atoms with van der Waals surface area (Å²) in [5.74, 6) is 1.56. The summed E-state index contributed by atoms with van der Waals surface area (Å²) < 4.78 is 10.7. The van der Waals surface area contributed by atoms with Gasteiger partial charge in [-0.15, -0.1) is 0 Å². The minimum Gasteiger partial charge on any atom is -0.497 e. The van der Waals surface area contributed by atoms with Crippen molar-refractivity contribution in [1.82, 2.24) is 18.9 Å². The number of aryl methyl sites for hydroxylation is 2. The van der Waals surface area contributed by atoms with E-state index < -0.39 is 0 Å². The second kappa shape index (κ2) is 8.54. The Balaban J connectivity index is 1.26. The first-order chi connectivity index (χ1) is 15.9. The maximum atomic E-state index is 13.1. The normalized spacial score (nSPS) is 18.8. The van der Waals surface area contributed by atoms with Crippen LogP contribution in [0.4, 0.5) is 0 Å². The SMILES string of the molecule is COc1ccc2c(c1)n(CC1CCC(C(=O)Cc3cccc4nn(C)cc34)CC1)c(=O)n2C. The summed E-state index contributed by atoms with van der Waals surface area (Å²) in [6, 6.07) is 11.8. The number of benzene rings is 2. The molecule has 0 unspecified atom stereocenters. The molecule has 0 aliphatic heterocycles. The molecular formula is C26H30N4O3. The molecule has 172 valence electrons. The Bertz CT molecular complexity index is 1390. The van der Waals surface area contributed by atoms with Gasteiger partial charge in [0.15, 0.2) is 0 Å². The fraction of sp³-hybridized carbons (Fsp3) is 0.423.